The molecule has 1 aromatic rings. The number of likely N-dealkylation sites (N-methyl/N-ethyl adjacent to an activating group) is 2. The number of β-amino-alcohol motifs (C(OH)–C–C–N with tert-alkyl or cyclic N) is 1. The van der Waals surface area contributed by atoms with E-state index >= 15 is 0 Å². The zero-order chi connectivity index (χ0) is 16.8. The molecule has 1 aliphatic heterocycles. The molecule has 1 heterocycles. The second-order valence-electron chi connectivity index (χ2n) is 6.67. The van der Waals surface area contributed by atoms with Gasteiger partial charge in [0.05, 0.1) is 6.10 Å². The first-order valence-electron chi connectivity index (χ1n) is 8.54. The van der Waals surface area contributed by atoms with Crippen molar-refractivity contribution in [2.24, 2.45) is 0 Å². The van der Waals surface area contributed by atoms with Crippen molar-refractivity contribution in [3.8, 4) is 0 Å². The number of aliphatic hydroxyl groups is 1. The lowest BCUT2D eigenvalue weighted by Gasteiger charge is -2.35. The van der Waals surface area contributed by atoms with Crippen molar-refractivity contribution in [2.45, 2.75) is 25.5 Å². The lowest BCUT2D eigenvalue weighted by atomic mass is 10.0. The molecule has 23 heavy (non-hydrogen) atoms. The summed E-state index contributed by atoms with van der Waals surface area (Å²) in [6, 6.07) is 8.36. The molecule has 0 aromatic heterocycles. The number of hydrogen-bond donors (Lipinski definition) is 1. The maximum atomic E-state index is 10.5. The number of halogens is 1. The Morgan fingerprint density at radius 2 is 1.78 bits per heavy atom. The quantitative estimate of drug-likeness (QED) is 0.825. The van der Waals surface area contributed by atoms with Crippen molar-refractivity contribution in [3.05, 3.63) is 34.9 Å². The van der Waals surface area contributed by atoms with Gasteiger partial charge in [-0.1, -0.05) is 30.7 Å². The van der Waals surface area contributed by atoms with Crippen LogP contribution < -0.4 is 0 Å². The Morgan fingerprint density at radius 1 is 1.17 bits per heavy atom. The number of rotatable bonds is 7. The molecule has 0 spiro atoms. The van der Waals surface area contributed by atoms with Gasteiger partial charge in [-0.15, -0.1) is 0 Å². The highest BCUT2D eigenvalue weighted by atomic mass is 35.5. The minimum atomic E-state index is -0.315. The van der Waals surface area contributed by atoms with E-state index in [9.17, 15) is 5.11 Å². The van der Waals surface area contributed by atoms with Gasteiger partial charge in [0.25, 0.3) is 0 Å². The molecule has 0 saturated carbocycles. The van der Waals surface area contributed by atoms with Gasteiger partial charge in [-0.25, -0.2) is 0 Å². The summed E-state index contributed by atoms with van der Waals surface area (Å²) in [5, 5.41) is 11.2. The molecular formula is C18H30ClN3O. The molecule has 1 aromatic carbocycles. The second-order valence-corrected chi connectivity index (χ2v) is 7.11. The molecule has 1 aliphatic rings. The highest BCUT2D eigenvalue weighted by Gasteiger charge is 2.21. The SMILES string of the molecule is CCC(c1ccc(Cl)cc1)N(C)CC(O)CN1CCN(C)CC1. The Hall–Kier alpha value is -0.650. The van der Waals surface area contributed by atoms with E-state index < -0.39 is 0 Å². The topological polar surface area (TPSA) is 30.0 Å². The molecule has 1 saturated heterocycles. The van der Waals surface area contributed by atoms with Crippen LogP contribution in [0.25, 0.3) is 0 Å². The summed E-state index contributed by atoms with van der Waals surface area (Å²) in [6.45, 7) is 7.90. The van der Waals surface area contributed by atoms with Crippen LogP contribution in [0.15, 0.2) is 24.3 Å². The Kier molecular flexibility index (Phi) is 7.31. The monoisotopic (exact) mass is 339 g/mol. The van der Waals surface area contributed by atoms with E-state index in [-0.39, 0.29) is 6.10 Å². The van der Waals surface area contributed by atoms with E-state index in [1.165, 1.54) is 5.56 Å². The van der Waals surface area contributed by atoms with Crippen molar-refractivity contribution in [3.63, 3.8) is 0 Å². The lowest BCUT2D eigenvalue weighted by molar-refractivity contribution is 0.0507. The van der Waals surface area contributed by atoms with Gasteiger partial charge in [0, 0.05) is 50.3 Å². The van der Waals surface area contributed by atoms with E-state index in [0.29, 0.717) is 12.6 Å². The van der Waals surface area contributed by atoms with Gasteiger partial charge in [-0.2, -0.15) is 0 Å². The number of piperazine rings is 1. The number of hydrogen-bond acceptors (Lipinski definition) is 4. The Balaban J connectivity index is 1.85. The van der Waals surface area contributed by atoms with Crippen LogP contribution in [0.5, 0.6) is 0 Å². The van der Waals surface area contributed by atoms with Gasteiger partial charge in [0.15, 0.2) is 0 Å². The van der Waals surface area contributed by atoms with E-state index in [0.717, 1.165) is 44.2 Å². The molecule has 2 atom stereocenters. The largest absolute Gasteiger partial charge is 0.390 e. The summed E-state index contributed by atoms with van der Waals surface area (Å²) in [7, 11) is 4.25. The Morgan fingerprint density at radius 3 is 2.35 bits per heavy atom. The fourth-order valence-corrected chi connectivity index (χ4v) is 3.46. The molecule has 2 unspecified atom stereocenters. The molecule has 0 bridgehead atoms. The lowest BCUT2D eigenvalue weighted by Crippen LogP contribution is -2.48. The van der Waals surface area contributed by atoms with Crippen LogP contribution in [0.2, 0.25) is 5.02 Å². The molecule has 2 rings (SSSR count). The Bertz CT molecular complexity index is 460. The van der Waals surface area contributed by atoms with E-state index in [4.69, 9.17) is 11.6 Å². The highest BCUT2D eigenvalue weighted by Crippen LogP contribution is 2.24. The zero-order valence-electron chi connectivity index (χ0n) is 14.6. The van der Waals surface area contributed by atoms with Crippen molar-refractivity contribution in [1.82, 2.24) is 14.7 Å². The second kappa shape index (κ2) is 9.00. The maximum Gasteiger partial charge on any atom is 0.0793 e. The van der Waals surface area contributed by atoms with Crippen LogP contribution in [-0.2, 0) is 0 Å². The summed E-state index contributed by atoms with van der Waals surface area (Å²) < 4.78 is 0. The third-order valence-corrected chi connectivity index (χ3v) is 4.99. The molecule has 1 fully saturated rings. The fraction of sp³-hybridized carbons (Fsp3) is 0.667. The van der Waals surface area contributed by atoms with Gasteiger partial charge in [0.2, 0.25) is 0 Å². The minimum absolute atomic E-state index is 0.314. The molecule has 5 heteroatoms. The first-order valence-corrected chi connectivity index (χ1v) is 8.92. The Labute approximate surface area is 145 Å². The maximum absolute atomic E-state index is 10.5. The number of benzene rings is 1. The summed E-state index contributed by atoms with van der Waals surface area (Å²) in [4.78, 5) is 6.95. The summed E-state index contributed by atoms with van der Waals surface area (Å²) in [5.74, 6) is 0. The van der Waals surface area contributed by atoms with Crippen LogP contribution >= 0.6 is 11.6 Å². The molecule has 0 aliphatic carbocycles. The molecular weight excluding hydrogens is 310 g/mol. The van der Waals surface area contributed by atoms with Crippen LogP contribution in [0.1, 0.15) is 24.9 Å². The smallest absolute Gasteiger partial charge is 0.0793 e. The number of nitrogens with zero attached hydrogens (tertiary/aromatic N) is 3. The summed E-state index contributed by atoms with van der Waals surface area (Å²) in [5.41, 5.74) is 1.26. The molecule has 0 radical (unpaired) electrons. The third-order valence-electron chi connectivity index (χ3n) is 4.74. The van der Waals surface area contributed by atoms with Gasteiger partial charge in [-0.05, 0) is 38.2 Å². The van der Waals surface area contributed by atoms with Crippen LogP contribution in [0.4, 0.5) is 0 Å². The standard InChI is InChI=1S/C18H30ClN3O/c1-4-18(15-5-7-16(19)8-6-15)21(3)13-17(23)14-22-11-9-20(2)10-12-22/h5-8,17-18,23H,4,9-14H2,1-3H3. The van der Waals surface area contributed by atoms with E-state index in [1.807, 2.05) is 12.1 Å². The van der Waals surface area contributed by atoms with Gasteiger partial charge >= 0.3 is 0 Å². The van der Waals surface area contributed by atoms with Gasteiger partial charge in [0.1, 0.15) is 0 Å². The van der Waals surface area contributed by atoms with E-state index in [2.05, 4.69) is 47.9 Å². The first kappa shape index (κ1) is 18.7. The van der Waals surface area contributed by atoms with Crippen LogP contribution in [0.3, 0.4) is 0 Å². The minimum Gasteiger partial charge on any atom is -0.390 e. The average Bonchev–Trinajstić information content (AvgIpc) is 2.52. The van der Waals surface area contributed by atoms with E-state index in [1.54, 1.807) is 0 Å². The van der Waals surface area contributed by atoms with Crippen molar-refractivity contribution >= 4 is 11.6 Å². The normalized spacial score (nSPS) is 19.9. The fourth-order valence-electron chi connectivity index (χ4n) is 3.33. The zero-order valence-corrected chi connectivity index (χ0v) is 15.3. The summed E-state index contributed by atoms with van der Waals surface area (Å²) >= 11 is 5.98. The third kappa shape index (κ3) is 5.73. The predicted octanol–water partition coefficient (Wildman–Crippen LogP) is 2.33. The van der Waals surface area contributed by atoms with Crippen LogP contribution in [-0.4, -0.2) is 79.3 Å². The summed E-state index contributed by atoms with van der Waals surface area (Å²) in [6.07, 6.45) is 0.698. The average molecular weight is 340 g/mol. The molecule has 130 valence electrons. The first-order chi connectivity index (χ1) is 11.0. The van der Waals surface area contributed by atoms with Crippen molar-refractivity contribution in [1.29, 1.82) is 0 Å². The van der Waals surface area contributed by atoms with Crippen molar-refractivity contribution in [2.75, 3.05) is 53.4 Å². The molecule has 1 N–H and O–H groups in total. The van der Waals surface area contributed by atoms with Gasteiger partial charge < -0.3 is 10.0 Å². The predicted molar refractivity (Wildman–Crippen MR) is 97.1 cm³/mol. The van der Waals surface area contributed by atoms with Gasteiger partial charge in [-0.3, -0.25) is 9.80 Å². The van der Waals surface area contributed by atoms with Crippen LogP contribution in [0, 0.1) is 0 Å². The number of aliphatic hydroxyl groups excluding tert-OH is 1. The molecule has 0 amide bonds. The highest BCUT2D eigenvalue weighted by molar-refractivity contribution is 6.30. The molecule has 4 nitrogen and oxygen atoms in total. The van der Waals surface area contributed by atoms with Crippen molar-refractivity contribution < 1.29 is 5.11 Å².